The number of hydrogen-bond donors (Lipinski definition) is 1. The molecule has 4 rings (SSSR count). The Kier molecular flexibility index (Phi) is 8.91. The number of urea groups is 1. The van der Waals surface area contributed by atoms with Gasteiger partial charge in [0, 0.05) is 39.1 Å². The first-order valence-corrected chi connectivity index (χ1v) is 12.5. The van der Waals surface area contributed by atoms with Gasteiger partial charge in [-0.25, -0.2) is 9.80 Å². The Hall–Kier alpha value is -3.43. The molecule has 0 bridgehead atoms. The summed E-state index contributed by atoms with van der Waals surface area (Å²) in [4.78, 5) is 30.3. The predicted molar refractivity (Wildman–Crippen MR) is 138 cm³/mol. The summed E-state index contributed by atoms with van der Waals surface area (Å²) in [7, 11) is 1.63. The maximum Gasteiger partial charge on any atom is 0.317 e. The summed E-state index contributed by atoms with van der Waals surface area (Å²) in [6.07, 6.45) is 0.594. The predicted octanol–water partition coefficient (Wildman–Crippen LogP) is 2.74. The molecule has 1 atom stereocenters. The fourth-order valence-electron chi connectivity index (χ4n) is 4.47. The van der Waals surface area contributed by atoms with Crippen LogP contribution in [0, 0.1) is 0 Å². The number of carbonyl (C=O) groups excluding carboxylic acids is 2. The van der Waals surface area contributed by atoms with Crippen molar-refractivity contribution in [3.63, 3.8) is 0 Å². The minimum atomic E-state index is -0.242. The number of benzene rings is 2. The fraction of sp³-hybridized carbons (Fsp3) is 0.444. The van der Waals surface area contributed by atoms with E-state index in [1.165, 1.54) is 0 Å². The number of carbonyl (C=O) groups is 2. The molecule has 0 saturated carbocycles. The average Bonchev–Trinajstić information content (AvgIpc) is 3.38. The Bertz CT molecular complexity index is 1040. The summed E-state index contributed by atoms with van der Waals surface area (Å²) in [6.45, 7) is 6.51. The summed E-state index contributed by atoms with van der Waals surface area (Å²) >= 11 is 0. The van der Waals surface area contributed by atoms with Gasteiger partial charge in [0.25, 0.3) is 5.91 Å². The fourth-order valence-corrected chi connectivity index (χ4v) is 4.47. The van der Waals surface area contributed by atoms with E-state index in [9.17, 15) is 9.59 Å². The maximum atomic E-state index is 13.6. The lowest BCUT2D eigenvalue weighted by Crippen LogP contribution is -2.49. The van der Waals surface area contributed by atoms with Gasteiger partial charge in [0.15, 0.2) is 0 Å². The molecule has 9 heteroatoms. The molecule has 1 N–H and O–H groups in total. The lowest BCUT2D eigenvalue weighted by molar-refractivity contribution is -0.133. The molecule has 36 heavy (non-hydrogen) atoms. The first-order chi connectivity index (χ1) is 17.6. The third-order valence-electron chi connectivity index (χ3n) is 6.50. The second-order valence-corrected chi connectivity index (χ2v) is 8.86. The minimum Gasteiger partial charge on any atom is -0.497 e. The van der Waals surface area contributed by atoms with Crippen LogP contribution < -0.4 is 10.1 Å². The standard InChI is InChI=1S/C27H35N5O4/c1-3-28-27(34)31(14-13-30-15-17-36-18-16-30)20-26(33)32-25(22-7-5-4-6-8-22)19-24(29-32)21-9-11-23(35-2)12-10-21/h4-12,25H,3,13-20H2,1-2H3,(H,28,34)/t25-/m0/s1. The Labute approximate surface area is 212 Å². The van der Waals surface area contributed by atoms with E-state index in [-0.39, 0.29) is 24.5 Å². The van der Waals surface area contributed by atoms with Crippen LogP contribution in [0.1, 0.15) is 30.5 Å². The van der Waals surface area contributed by atoms with Gasteiger partial charge in [0.1, 0.15) is 12.3 Å². The van der Waals surface area contributed by atoms with Gasteiger partial charge in [0.05, 0.1) is 32.1 Å². The molecule has 0 radical (unpaired) electrons. The van der Waals surface area contributed by atoms with E-state index in [4.69, 9.17) is 14.6 Å². The summed E-state index contributed by atoms with van der Waals surface area (Å²) in [6, 6.07) is 17.1. The van der Waals surface area contributed by atoms with Crippen LogP contribution in [-0.2, 0) is 9.53 Å². The van der Waals surface area contributed by atoms with Gasteiger partial charge in [-0.15, -0.1) is 0 Å². The van der Waals surface area contributed by atoms with Gasteiger partial charge in [-0.1, -0.05) is 30.3 Å². The molecular formula is C27H35N5O4. The molecule has 0 spiro atoms. The topological polar surface area (TPSA) is 86.7 Å². The number of hydrogen-bond acceptors (Lipinski definition) is 6. The Morgan fingerprint density at radius 2 is 1.83 bits per heavy atom. The minimum absolute atomic E-state index is 0.0428. The van der Waals surface area contributed by atoms with Crippen LogP contribution in [0.5, 0.6) is 5.75 Å². The first kappa shape index (κ1) is 25.7. The molecule has 1 fully saturated rings. The molecule has 0 aliphatic carbocycles. The highest BCUT2D eigenvalue weighted by Crippen LogP contribution is 2.33. The molecular weight excluding hydrogens is 458 g/mol. The van der Waals surface area contributed by atoms with E-state index >= 15 is 0 Å². The second kappa shape index (κ2) is 12.5. The highest BCUT2D eigenvalue weighted by molar-refractivity contribution is 6.03. The number of nitrogens with zero attached hydrogens (tertiary/aromatic N) is 4. The number of amides is 3. The Morgan fingerprint density at radius 1 is 1.11 bits per heavy atom. The van der Waals surface area contributed by atoms with Crippen molar-refractivity contribution in [2.45, 2.75) is 19.4 Å². The zero-order chi connectivity index (χ0) is 25.3. The van der Waals surface area contributed by atoms with Crippen molar-refractivity contribution in [2.75, 3.05) is 59.6 Å². The van der Waals surface area contributed by atoms with Gasteiger partial charge in [-0.3, -0.25) is 9.69 Å². The second-order valence-electron chi connectivity index (χ2n) is 8.86. The van der Waals surface area contributed by atoms with Crippen molar-refractivity contribution in [3.05, 3.63) is 65.7 Å². The molecule has 3 amide bonds. The molecule has 1 saturated heterocycles. The molecule has 192 valence electrons. The van der Waals surface area contributed by atoms with Gasteiger partial charge < -0.3 is 19.7 Å². The molecule has 2 heterocycles. The van der Waals surface area contributed by atoms with Crippen LogP contribution >= 0.6 is 0 Å². The average molecular weight is 494 g/mol. The lowest BCUT2D eigenvalue weighted by atomic mass is 9.98. The molecule has 2 aromatic carbocycles. The van der Waals surface area contributed by atoms with E-state index in [0.29, 0.717) is 39.3 Å². The Morgan fingerprint density at radius 3 is 2.50 bits per heavy atom. The van der Waals surface area contributed by atoms with Gasteiger partial charge in [0.2, 0.25) is 0 Å². The van der Waals surface area contributed by atoms with Gasteiger partial charge in [-0.05, 0) is 42.3 Å². The zero-order valence-electron chi connectivity index (χ0n) is 21.1. The quantitative estimate of drug-likeness (QED) is 0.581. The van der Waals surface area contributed by atoms with E-state index in [1.807, 2.05) is 61.5 Å². The Balaban J connectivity index is 1.53. The van der Waals surface area contributed by atoms with Crippen molar-refractivity contribution < 1.29 is 19.1 Å². The number of morpholine rings is 1. The number of methoxy groups -OCH3 is 1. The third kappa shape index (κ3) is 6.41. The molecule has 2 aromatic rings. The van der Waals surface area contributed by atoms with Gasteiger partial charge in [-0.2, -0.15) is 5.10 Å². The van der Waals surface area contributed by atoms with E-state index < -0.39 is 0 Å². The number of nitrogens with one attached hydrogen (secondary N) is 1. The normalized spacial score (nSPS) is 18.0. The summed E-state index contributed by atoms with van der Waals surface area (Å²) in [5, 5.41) is 9.15. The van der Waals surface area contributed by atoms with Crippen molar-refractivity contribution in [1.82, 2.24) is 20.1 Å². The zero-order valence-corrected chi connectivity index (χ0v) is 21.1. The van der Waals surface area contributed by atoms with Crippen LogP contribution in [0.15, 0.2) is 59.7 Å². The highest BCUT2D eigenvalue weighted by Gasteiger charge is 2.34. The molecule has 0 unspecified atom stereocenters. The first-order valence-electron chi connectivity index (χ1n) is 12.5. The largest absolute Gasteiger partial charge is 0.497 e. The third-order valence-corrected chi connectivity index (χ3v) is 6.50. The summed E-state index contributed by atoms with van der Waals surface area (Å²) in [5.41, 5.74) is 2.79. The maximum absolute atomic E-state index is 13.6. The van der Waals surface area contributed by atoms with Crippen molar-refractivity contribution in [2.24, 2.45) is 5.10 Å². The lowest BCUT2D eigenvalue weighted by Gasteiger charge is -2.31. The summed E-state index contributed by atoms with van der Waals surface area (Å²) < 4.78 is 10.7. The van der Waals surface area contributed by atoms with Crippen LogP contribution in [0.25, 0.3) is 0 Å². The molecule has 0 aromatic heterocycles. The van der Waals surface area contributed by atoms with Crippen LogP contribution in [0.3, 0.4) is 0 Å². The highest BCUT2D eigenvalue weighted by atomic mass is 16.5. The number of rotatable bonds is 9. The van der Waals surface area contributed by atoms with E-state index in [1.54, 1.807) is 17.0 Å². The summed E-state index contributed by atoms with van der Waals surface area (Å²) in [5.74, 6) is 0.559. The van der Waals surface area contributed by atoms with Crippen molar-refractivity contribution in [1.29, 1.82) is 0 Å². The molecule has 2 aliphatic rings. The number of ether oxygens (including phenoxy) is 2. The van der Waals surface area contributed by atoms with E-state index in [0.717, 1.165) is 35.7 Å². The van der Waals surface area contributed by atoms with Crippen LogP contribution in [0.2, 0.25) is 0 Å². The van der Waals surface area contributed by atoms with Crippen molar-refractivity contribution >= 4 is 17.6 Å². The van der Waals surface area contributed by atoms with Crippen LogP contribution in [0.4, 0.5) is 4.79 Å². The van der Waals surface area contributed by atoms with E-state index in [2.05, 4.69) is 10.2 Å². The van der Waals surface area contributed by atoms with Gasteiger partial charge >= 0.3 is 6.03 Å². The SMILES string of the molecule is CCNC(=O)N(CCN1CCOCC1)CC(=O)N1N=C(c2ccc(OC)cc2)C[C@H]1c1ccccc1. The van der Waals surface area contributed by atoms with Crippen molar-refractivity contribution in [3.8, 4) is 5.75 Å². The number of hydrazone groups is 1. The molecule has 2 aliphatic heterocycles. The monoisotopic (exact) mass is 493 g/mol. The molecule has 9 nitrogen and oxygen atoms in total. The smallest absolute Gasteiger partial charge is 0.317 e. The van der Waals surface area contributed by atoms with Crippen LogP contribution in [-0.4, -0.2) is 92.1 Å².